The highest BCUT2D eigenvalue weighted by molar-refractivity contribution is 6.03. The van der Waals surface area contributed by atoms with E-state index >= 15 is 0 Å². The maximum Gasteiger partial charge on any atom is 0.120 e. The summed E-state index contributed by atoms with van der Waals surface area (Å²) in [6.45, 7) is 4.16. The van der Waals surface area contributed by atoms with E-state index in [1.807, 2.05) is 78.9 Å². The van der Waals surface area contributed by atoms with Gasteiger partial charge in [0, 0.05) is 6.42 Å². The third-order valence-electron chi connectivity index (χ3n) is 5.72. The second kappa shape index (κ2) is 9.11. The summed E-state index contributed by atoms with van der Waals surface area (Å²) in [4.78, 5) is 5.12. The predicted molar refractivity (Wildman–Crippen MR) is 129 cm³/mol. The highest BCUT2D eigenvalue weighted by atomic mass is 16.3. The SMILES string of the molecule is Cc1cccc(C)c1N=C(CC(O)(c1ccccc1)c1ccccc1)c1ccccc1. The Morgan fingerprint density at radius 3 is 1.58 bits per heavy atom. The molecule has 2 heteroatoms. The minimum absolute atomic E-state index is 0.360. The summed E-state index contributed by atoms with van der Waals surface area (Å²) in [6, 6.07) is 36.1. The summed E-state index contributed by atoms with van der Waals surface area (Å²) in [5.74, 6) is 0. The minimum Gasteiger partial charge on any atom is -0.380 e. The van der Waals surface area contributed by atoms with Gasteiger partial charge < -0.3 is 5.11 Å². The maximum atomic E-state index is 12.1. The molecular weight excluding hydrogens is 378 g/mol. The Kier molecular flexibility index (Phi) is 6.11. The first-order valence-corrected chi connectivity index (χ1v) is 10.6. The number of aliphatic hydroxyl groups is 1. The lowest BCUT2D eigenvalue weighted by atomic mass is 9.81. The van der Waals surface area contributed by atoms with Gasteiger partial charge >= 0.3 is 0 Å². The first kappa shape index (κ1) is 20.8. The van der Waals surface area contributed by atoms with E-state index in [1.54, 1.807) is 0 Å². The van der Waals surface area contributed by atoms with E-state index < -0.39 is 5.60 Å². The molecule has 154 valence electrons. The van der Waals surface area contributed by atoms with Crippen LogP contribution in [-0.4, -0.2) is 10.8 Å². The molecule has 0 aliphatic heterocycles. The van der Waals surface area contributed by atoms with E-state index in [0.717, 1.165) is 39.2 Å². The van der Waals surface area contributed by atoms with E-state index in [0.29, 0.717) is 6.42 Å². The first-order chi connectivity index (χ1) is 15.1. The molecule has 4 rings (SSSR count). The first-order valence-electron chi connectivity index (χ1n) is 10.6. The summed E-state index contributed by atoms with van der Waals surface area (Å²) >= 11 is 0. The molecule has 0 atom stereocenters. The lowest BCUT2D eigenvalue weighted by Crippen LogP contribution is -2.31. The number of hydrogen-bond donors (Lipinski definition) is 1. The normalized spacial score (nSPS) is 12.0. The smallest absolute Gasteiger partial charge is 0.120 e. The Morgan fingerprint density at radius 1 is 0.645 bits per heavy atom. The Bertz CT molecular complexity index is 1110. The summed E-state index contributed by atoms with van der Waals surface area (Å²) in [7, 11) is 0. The molecule has 0 bridgehead atoms. The van der Waals surface area contributed by atoms with Crippen LogP contribution in [0.5, 0.6) is 0 Å². The van der Waals surface area contributed by atoms with Crippen molar-refractivity contribution in [1.29, 1.82) is 0 Å². The van der Waals surface area contributed by atoms with Crippen LogP contribution in [0.25, 0.3) is 0 Å². The number of rotatable bonds is 6. The van der Waals surface area contributed by atoms with Gasteiger partial charge in [-0.1, -0.05) is 109 Å². The van der Waals surface area contributed by atoms with Crippen molar-refractivity contribution in [3.8, 4) is 0 Å². The van der Waals surface area contributed by atoms with E-state index in [9.17, 15) is 5.11 Å². The zero-order chi connectivity index (χ0) is 21.7. The van der Waals surface area contributed by atoms with Gasteiger partial charge in [0.05, 0.1) is 11.4 Å². The van der Waals surface area contributed by atoms with Crippen molar-refractivity contribution < 1.29 is 5.11 Å². The molecule has 0 amide bonds. The number of benzene rings is 4. The van der Waals surface area contributed by atoms with Crippen molar-refractivity contribution in [3.05, 3.63) is 137 Å². The van der Waals surface area contributed by atoms with Crippen molar-refractivity contribution >= 4 is 11.4 Å². The number of nitrogens with zero attached hydrogens (tertiary/aromatic N) is 1. The standard InChI is InChI=1S/C29H27NO/c1-22-13-12-14-23(2)28(22)30-27(24-15-6-3-7-16-24)21-29(31,25-17-8-4-9-18-25)26-19-10-5-11-20-26/h3-20,31H,21H2,1-2H3. The fraction of sp³-hybridized carbons (Fsp3) is 0.138. The molecule has 0 spiro atoms. The molecule has 4 aromatic carbocycles. The molecule has 0 fully saturated rings. The second-order valence-corrected chi connectivity index (χ2v) is 7.93. The van der Waals surface area contributed by atoms with Crippen LogP contribution in [-0.2, 0) is 5.60 Å². The van der Waals surface area contributed by atoms with E-state index in [4.69, 9.17) is 4.99 Å². The van der Waals surface area contributed by atoms with Crippen LogP contribution in [0.4, 0.5) is 5.69 Å². The van der Waals surface area contributed by atoms with Crippen LogP contribution >= 0.6 is 0 Å². The molecule has 0 saturated carbocycles. The molecule has 0 heterocycles. The summed E-state index contributed by atoms with van der Waals surface area (Å²) in [5.41, 5.74) is 5.58. The zero-order valence-electron chi connectivity index (χ0n) is 18.0. The van der Waals surface area contributed by atoms with Gasteiger partial charge in [-0.15, -0.1) is 0 Å². The Morgan fingerprint density at radius 2 is 1.10 bits per heavy atom. The predicted octanol–water partition coefficient (Wildman–Crippen LogP) is 6.75. The molecule has 0 aromatic heterocycles. The second-order valence-electron chi connectivity index (χ2n) is 7.93. The Hall–Kier alpha value is -3.49. The van der Waals surface area contributed by atoms with Gasteiger partial charge in [-0.2, -0.15) is 0 Å². The van der Waals surface area contributed by atoms with Crippen molar-refractivity contribution in [3.63, 3.8) is 0 Å². The average Bonchev–Trinajstić information content (AvgIpc) is 2.82. The van der Waals surface area contributed by atoms with Crippen LogP contribution in [0.15, 0.2) is 114 Å². The molecule has 0 aliphatic rings. The van der Waals surface area contributed by atoms with Crippen LogP contribution < -0.4 is 0 Å². The van der Waals surface area contributed by atoms with Gasteiger partial charge in [-0.25, -0.2) is 0 Å². The lowest BCUT2D eigenvalue weighted by Gasteiger charge is -2.30. The lowest BCUT2D eigenvalue weighted by molar-refractivity contribution is 0.0891. The van der Waals surface area contributed by atoms with E-state index in [1.165, 1.54) is 0 Å². The third-order valence-corrected chi connectivity index (χ3v) is 5.72. The summed E-state index contributed by atoms with van der Waals surface area (Å²) in [6.07, 6.45) is 0.360. The molecule has 0 aliphatic carbocycles. The van der Waals surface area contributed by atoms with Crippen molar-refractivity contribution in [2.24, 2.45) is 4.99 Å². The van der Waals surface area contributed by atoms with Crippen molar-refractivity contribution in [2.45, 2.75) is 25.9 Å². The fourth-order valence-corrected chi connectivity index (χ4v) is 3.99. The third kappa shape index (κ3) is 4.50. The van der Waals surface area contributed by atoms with Crippen molar-refractivity contribution in [2.75, 3.05) is 0 Å². The number of para-hydroxylation sites is 1. The maximum absolute atomic E-state index is 12.1. The molecule has 2 nitrogen and oxygen atoms in total. The summed E-state index contributed by atoms with van der Waals surface area (Å²) in [5, 5.41) is 12.1. The fourth-order valence-electron chi connectivity index (χ4n) is 3.99. The van der Waals surface area contributed by atoms with Gasteiger partial charge in [0.1, 0.15) is 5.60 Å². The largest absolute Gasteiger partial charge is 0.380 e. The highest BCUT2D eigenvalue weighted by Crippen LogP contribution is 2.35. The Balaban J connectivity index is 1.89. The van der Waals surface area contributed by atoms with Crippen LogP contribution in [0.1, 0.15) is 34.2 Å². The molecule has 0 saturated heterocycles. The van der Waals surface area contributed by atoms with Gasteiger partial charge in [0.25, 0.3) is 0 Å². The molecular formula is C29H27NO. The van der Waals surface area contributed by atoms with Crippen molar-refractivity contribution in [1.82, 2.24) is 0 Å². The highest BCUT2D eigenvalue weighted by Gasteiger charge is 2.33. The number of aryl methyl sites for hydroxylation is 2. The van der Waals surface area contributed by atoms with Gasteiger partial charge in [-0.3, -0.25) is 4.99 Å². The molecule has 0 unspecified atom stereocenters. The van der Waals surface area contributed by atoms with Gasteiger partial charge in [0.2, 0.25) is 0 Å². The Labute approximate surface area is 184 Å². The minimum atomic E-state index is -1.20. The molecule has 31 heavy (non-hydrogen) atoms. The van der Waals surface area contributed by atoms with Gasteiger partial charge in [0.15, 0.2) is 0 Å². The topological polar surface area (TPSA) is 32.6 Å². The number of hydrogen-bond acceptors (Lipinski definition) is 2. The number of aliphatic imine (C=N–C) groups is 1. The molecule has 1 N–H and O–H groups in total. The van der Waals surface area contributed by atoms with E-state index in [-0.39, 0.29) is 0 Å². The summed E-state index contributed by atoms with van der Waals surface area (Å²) < 4.78 is 0. The van der Waals surface area contributed by atoms with Gasteiger partial charge in [-0.05, 0) is 41.7 Å². The zero-order valence-corrected chi connectivity index (χ0v) is 18.0. The van der Waals surface area contributed by atoms with Crippen LogP contribution in [0.3, 0.4) is 0 Å². The molecule has 4 aromatic rings. The average molecular weight is 406 g/mol. The quantitative estimate of drug-likeness (QED) is 0.354. The monoisotopic (exact) mass is 405 g/mol. The van der Waals surface area contributed by atoms with E-state index in [2.05, 4.69) is 44.2 Å². The van der Waals surface area contributed by atoms with Crippen LogP contribution in [0.2, 0.25) is 0 Å². The molecule has 0 radical (unpaired) electrons. The van der Waals surface area contributed by atoms with Crippen LogP contribution in [0, 0.1) is 13.8 Å².